The quantitative estimate of drug-likeness (QED) is 0.113. The van der Waals surface area contributed by atoms with Gasteiger partial charge >= 0.3 is 164 Å². The molecule has 8 nitrogen and oxygen atoms in total. The zero-order valence-corrected chi connectivity index (χ0v) is 25.7. The van der Waals surface area contributed by atoms with Crippen LogP contribution < -0.4 is 16.2 Å². The Balaban J connectivity index is 1.24. The van der Waals surface area contributed by atoms with Crippen molar-refractivity contribution < 1.29 is 18.1 Å². The van der Waals surface area contributed by atoms with E-state index >= 15 is 0 Å². The molecule has 0 spiro atoms. The van der Waals surface area contributed by atoms with Crippen LogP contribution in [0.1, 0.15) is 36.5 Å². The minimum absolute atomic E-state index is 0.120. The van der Waals surface area contributed by atoms with E-state index in [0.29, 0.717) is 31.6 Å². The molecular formula is C27H22F3N5O3SSe2. The molecule has 212 valence electrons. The second-order valence-electron chi connectivity index (χ2n) is 9.26. The van der Waals surface area contributed by atoms with Crippen LogP contribution in [-0.4, -0.2) is 74.7 Å². The number of halogens is 3. The van der Waals surface area contributed by atoms with Gasteiger partial charge in [-0.25, -0.2) is 0 Å². The van der Waals surface area contributed by atoms with Crippen molar-refractivity contribution in [3.63, 3.8) is 0 Å². The number of nitrogens with zero attached hydrogens (tertiary/aromatic N) is 3. The van der Waals surface area contributed by atoms with Gasteiger partial charge in [0.1, 0.15) is 4.70 Å². The Kier molecular flexibility index (Phi) is 8.31. The summed E-state index contributed by atoms with van der Waals surface area (Å²) in [6.07, 6.45) is -3.36. The van der Waals surface area contributed by atoms with Crippen LogP contribution in [0, 0.1) is 10.1 Å². The number of nitro groups is 1. The third-order valence-electron chi connectivity index (χ3n) is 6.73. The van der Waals surface area contributed by atoms with Crippen molar-refractivity contribution in [2.24, 2.45) is 0 Å². The molecule has 3 aromatic carbocycles. The maximum atomic E-state index is 13.2. The number of alkyl halides is 3. The number of benzene rings is 3. The number of nitro benzene ring substituents is 1. The number of unbranched alkanes of at least 4 members (excludes halogenated alkanes) is 1. The fourth-order valence-corrected chi connectivity index (χ4v) is 7.70. The van der Waals surface area contributed by atoms with Gasteiger partial charge in [0.15, 0.2) is 0 Å². The van der Waals surface area contributed by atoms with E-state index in [-0.39, 0.29) is 9.83 Å². The number of non-ortho nitro benzene ring substituents is 1. The van der Waals surface area contributed by atoms with E-state index in [4.69, 9.17) is 0 Å². The van der Waals surface area contributed by atoms with Gasteiger partial charge in [-0.3, -0.25) is 14.9 Å². The van der Waals surface area contributed by atoms with Crippen LogP contribution in [0.3, 0.4) is 0 Å². The van der Waals surface area contributed by atoms with Crippen molar-refractivity contribution in [2.75, 3.05) is 30.3 Å². The summed E-state index contributed by atoms with van der Waals surface area (Å²) in [5, 5.41) is 19.9. The molecule has 5 rings (SSSR count). The topological polar surface area (TPSA) is 100 Å². The first-order valence-corrected chi connectivity index (χ1v) is 15.1. The Labute approximate surface area is 251 Å². The van der Waals surface area contributed by atoms with E-state index in [1.54, 1.807) is 0 Å². The van der Waals surface area contributed by atoms with Crippen LogP contribution in [0.2, 0.25) is 0 Å². The molecule has 1 aromatic heterocycles. The second kappa shape index (κ2) is 11.6. The molecule has 14 heteroatoms. The van der Waals surface area contributed by atoms with Crippen LogP contribution in [0.4, 0.5) is 29.7 Å². The SMILES string of the molecule is CCN1C(=[Se])c2cccc3c(NCCCCNc4nc(=O)c5cc(C(F)(F)F)cc([N+](=O)[O-])c5s4)ccc(c23)C1=[Se]. The standard InChI is InChI=1S/C27H22F3N5O3SSe2/c1-2-34-24(40)16-7-5-6-15-19(9-8-17(21(15)16)25(34)41)31-10-3-4-11-32-26-33-23(36)18-12-14(27(28,29)30)13-20(35(37)38)22(18)39-26/h5-9,12-13,31H,2-4,10-11H2,1H3,(H,32,33,36). The average molecular weight is 711 g/mol. The zero-order chi connectivity index (χ0) is 29.5. The molecule has 41 heavy (non-hydrogen) atoms. The number of rotatable bonds is 9. The number of anilines is 2. The van der Waals surface area contributed by atoms with Gasteiger partial charge in [-0.2, -0.15) is 18.2 Å². The van der Waals surface area contributed by atoms with Gasteiger partial charge in [0.2, 0.25) is 0 Å². The molecule has 0 saturated carbocycles. The number of hydrogen-bond donors (Lipinski definition) is 2. The molecule has 1 aliphatic heterocycles. The first kappa shape index (κ1) is 29.3. The molecule has 0 radical (unpaired) electrons. The number of nitrogens with one attached hydrogen (secondary N) is 2. The van der Waals surface area contributed by atoms with E-state index in [0.717, 1.165) is 55.6 Å². The van der Waals surface area contributed by atoms with Gasteiger partial charge in [0.25, 0.3) is 11.2 Å². The molecular weight excluding hydrogens is 689 g/mol. The number of hydrogen-bond acceptors (Lipinski definition) is 8. The summed E-state index contributed by atoms with van der Waals surface area (Å²) in [5.41, 5.74) is 0.353. The van der Waals surface area contributed by atoms with Crippen LogP contribution in [-0.2, 0) is 6.18 Å². The first-order valence-electron chi connectivity index (χ1n) is 12.6. The molecule has 0 unspecified atom stereocenters. The van der Waals surface area contributed by atoms with E-state index in [1.165, 1.54) is 5.39 Å². The normalized spacial score (nSPS) is 13.2. The van der Waals surface area contributed by atoms with Gasteiger partial charge in [-0.15, -0.1) is 0 Å². The monoisotopic (exact) mass is 713 g/mol. The van der Waals surface area contributed by atoms with Crippen LogP contribution in [0.5, 0.6) is 0 Å². The molecule has 2 heterocycles. The third-order valence-corrected chi connectivity index (χ3v) is 9.64. The van der Waals surface area contributed by atoms with Crippen molar-refractivity contribution in [3.8, 4) is 0 Å². The summed E-state index contributed by atoms with van der Waals surface area (Å²) in [4.78, 5) is 29.0. The molecule has 0 aliphatic carbocycles. The van der Waals surface area contributed by atoms with Gasteiger partial charge in [0, 0.05) is 6.07 Å². The summed E-state index contributed by atoms with van der Waals surface area (Å²) in [6, 6.07) is 11.5. The predicted octanol–water partition coefficient (Wildman–Crippen LogP) is 4.67. The molecule has 0 bridgehead atoms. The number of aromatic nitrogens is 1. The van der Waals surface area contributed by atoms with Crippen molar-refractivity contribution in [1.82, 2.24) is 9.88 Å². The van der Waals surface area contributed by atoms with Crippen LogP contribution in [0.15, 0.2) is 47.3 Å². The van der Waals surface area contributed by atoms with Crippen molar-refractivity contribution >= 4 is 88.9 Å². The predicted molar refractivity (Wildman–Crippen MR) is 160 cm³/mol. The Morgan fingerprint density at radius 2 is 1.71 bits per heavy atom. The van der Waals surface area contributed by atoms with Crippen molar-refractivity contribution in [2.45, 2.75) is 25.9 Å². The Morgan fingerprint density at radius 3 is 2.37 bits per heavy atom. The summed E-state index contributed by atoms with van der Waals surface area (Å²) >= 11 is 7.22. The summed E-state index contributed by atoms with van der Waals surface area (Å²) < 4.78 is 41.5. The molecule has 4 aromatic rings. The van der Waals surface area contributed by atoms with E-state index < -0.39 is 33.3 Å². The molecule has 2 N–H and O–H groups in total. The fraction of sp³-hybridized carbons (Fsp3) is 0.259. The Hall–Kier alpha value is -3.15. The van der Waals surface area contributed by atoms with E-state index in [2.05, 4.69) is 82.9 Å². The van der Waals surface area contributed by atoms with E-state index in [1.807, 2.05) is 6.07 Å². The van der Waals surface area contributed by atoms with Gasteiger partial charge < -0.3 is 0 Å². The zero-order valence-electron chi connectivity index (χ0n) is 21.5. The summed E-state index contributed by atoms with van der Waals surface area (Å²) in [7, 11) is 0. The van der Waals surface area contributed by atoms with Gasteiger partial charge in [-0.05, 0) is 6.07 Å². The van der Waals surface area contributed by atoms with Crippen LogP contribution in [0.25, 0.3) is 20.9 Å². The van der Waals surface area contributed by atoms with Crippen molar-refractivity contribution in [3.05, 3.63) is 79.6 Å². The molecule has 0 atom stereocenters. The first-order chi connectivity index (χ1) is 19.5. The Bertz CT molecular complexity index is 1770. The average Bonchev–Trinajstić information content (AvgIpc) is 2.93. The summed E-state index contributed by atoms with van der Waals surface area (Å²) in [5.74, 6) is 0. The van der Waals surface area contributed by atoms with Crippen molar-refractivity contribution in [1.29, 1.82) is 0 Å². The second-order valence-corrected chi connectivity index (χ2v) is 11.9. The Morgan fingerprint density at radius 1 is 1.02 bits per heavy atom. The maximum absolute atomic E-state index is 13.2. The van der Waals surface area contributed by atoms with Gasteiger partial charge in [0.05, 0.1) is 15.9 Å². The molecule has 0 saturated heterocycles. The minimum atomic E-state index is -4.82. The summed E-state index contributed by atoms with van der Waals surface area (Å²) in [6.45, 7) is 4.06. The van der Waals surface area contributed by atoms with Gasteiger partial charge in [-0.1, -0.05) is 11.3 Å². The molecule has 1 aliphatic rings. The fourth-order valence-electron chi connectivity index (χ4n) is 4.78. The third kappa shape index (κ3) is 5.67. The number of fused-ring (bicyclic) bond motifs is 1. The molecule has 0 amide bonds. The van der Waals surface area contributed by atoms with E-state index in [9.17, 15) is 28.1 Å². The molecule has 0 fully saturated rings. The van der Waals surface area contributed by atoms with Crippen LogP contribution >= 0.6 is 11.3 Å².